The monoisotopic (exact) mass is 324 g/mol. The van der Waals surface area contributed by atoms with Gasteiger partial charge < -0.3 is 20.1 Å². The summed E-state index contributed by atoms with van der Waals surface area (Å²) in [5.74, 6) is 3.95. The van der Waals surface area contributed by atoms with Crippen LogP contribution in [0.5, 0.6) is 11.5 Å². The van der Waals surface area contributed by atoms with Gasteiger partial charge in [-0.2, -0.15) is 5.10 Å². The molecule has 7 nitrogen and oxygen atoms in total. The van der Waals surface area contributed by atoms with Crippen molar-refractivity contribution in [1.29, 1.82) is 0 Å². The van der Waals surface area contributed by atoms with Crippen molar-refractivity contribution in [2.75, 3.05) is 12.1 Å². The van der Waals surface area contributed by atoms with E-state index in [1.54, 1.807) is 17.1 Å². The molecule has 1 aromatic heterocycles. The molecule has 122 valence electrons. The van der Waals surface area contributed by atoms with Crippen molar-refractivity contribution < 1.29 is 14.3 Å². The number of hydrogen-bond acceptors (Lipinski definition) is 4. The van der Waals surface area contributed by atoms with Crippen LogP contribution in [-0.2, 0) is 12.1 Å². The summed E-state index contributed by atoms with van der Waals surface area (Å²) in [6.45, 7) is 0.603. The van der Waals surface area contributed by atoms with Crippen LogP contribution in [0.2, 0.25) is 0 Å². The van der Waals surface area contributed by atoms with Gasteiger partial charge in [-0.15, -0.1) is 6.42 Å². The maximum atomic E-state index is 12.3. The number of carbonyl (C=O) groups is 1. The summed E-state index contributed by atoms with van der Waals surface area (Å²) in [4.78, 5) is 12.3. The molecule has 0 spiro atoms. The Morgan fingerprint density at radius 1 is 1.38 bits per heavy atom. The maximum absolute atomic E-state index is 12.3. The second-order valence-corrected chi connectivity index (χ2v) is 5.86. The molecule has 2 amide bonds. The third-order valence-electron chi connectivity index (χ3n) is 4.17. The smallest absolute Gasteiger partial charge is 0.320 e. The Kier molecular flexibility index (Phi) is 3.31. The third kappa shape index (κ3) is 2.63. The summed E-state index contributed by atoms with van der Waals surface area (Å²) in [6.07, 6.45) is 10.3. The van der Waals surface area contributed by atoms with Gasteiger partial charge in [0.05, 0.1) is 17.4 Å². The first kappa shape index (κ1) is 14.5. The molecule has 0 atom stereocenters. The number of benzene rings is 1. The fraction of sp³-hybridized carbons (Fsp3) is 0.294. The minimum absolute atomic E-state index is 0.237. The van der Waals surface area contributed by atoms with Crippen LogP contribution < -0.4 is 20.1 Å². The molecular weight excluding hydrogens is 308 g/mol. The van der Waals surface area contributed by atoms with Gasteiger partial charge in [-0.25, -0.2) is 4.79 Å². The summed E-state index contributed by atoms with van der Waals surface area (Å²) < 4.78 is 12.3. The molecule has 4 rings (SSSR count). The van der Waals surface area contributed by atoms with Crippen LogP contribution in [0, 0.1) is 12.3 Å². The van der Waals surface area contributed by atoms with Gasteiger partial charge in [-0.05, 0) is 30.5 Å². The van der Waals surface area contributed by atoms with Crippen molar-refractivity contribution in [2.45, 2.75) is 24.9 Å². The largest absolute Gasteiger partial charge is 0.454 e. The molecule has 0 unspecified atom stereocenters. The highest BCUT2D eigenvalue weighted by atomic mass is 16.7. The fourth-order valence-electron chi connectivity index (χ4n) is 2.79. The van der Waals surface area contributed by atoms with E-state index in [1.165, 1.54) is 0 Å². The Labute approximate surface area is 138 Å². The highest BCUT2D eigenvalue weighted by Gasteiger charge is 2.46. The van der Waals surface area contributed by atoms with Gasteiger partial charge in [0.1, 0.15) is 6.54 Å². The number of hydrogen-bond donors (Lipinski definition) is 2. The first-order valence-corrected chi connectivity index (χ1v) is 7.64. The van der Waals surface area contributed by atoms with Gasteiger partial charge in [0.15, 0.2) is 11.5 Å². The predicted molar refractivity (Wildman–Crippen MR) is 86.7 cm³/mol. The van der Waals surface area contributed by atoms with E-state index in [0.717, 1.165) is 29.9 Å². The van der Waals surface area contributed by atoms with Gasteiger partial charge in [-0.1, -0.05) is 12.0 Å². The molecule has 0 saturated heterocycles. The molecule has 1 aliphatic heterocycles. The molecule has 1 aliphatic carbocycles. The highest BCUT2D eigenvalue weighted by molar-refractivity contribution is 5.89. The molecule has 2 heterocycles. The van der Waals surface area contributed by atoms with Gasteiger partial charge >= 0.3 is 6.03 Å². The zero-order chi connectivity index (χ0) is 16.6. The Morgan fingerprint density at radius 2 is 2.21 bits per heavy atom. The van der Waals surface area contributed by atoms with Crippen LogP contribution in [0.4, 0.5) is 10.5 Å². The summed E-state index contributed by atoms with van der Waals surface area (Å²) in [5.41, 5.74) is 1.27. The van der Waals surface area contributed by atoms with E-state index in [2.05, 4.69) is 21.7 Å². The van der Waals surface area contributed by atoms with Crippen molar-refractivity contribution in [3.8, 4) is 23.8 Å². The molecule has 0 radical (unpaired) electrons. The normalized spacial score (nSPS) is 16.3. The molecule has 1 fully saturated rings. The van der Waals surface area contributed by atoms with Gasteiger partial charge in [-0.3, -0.25) is 4.68 Å². The molecule has 24 heavy (non-hydrogen) atoms. The lowest BCUT2D eigenvalue weighted by atomic mass is 10.0. The number of fused-ring (bicyclic) bond motifs is 1. The van der Waals surface area contributed by atoms with E-state index in [9.17, 15) is 4.79 Å². The number of urea groups is 1. The standard InChI is InChI=1S/C17H16N4O3/c1-2-7-21-10-13(9-18-21)19-16(22)20-17(5-6-17)12-3-4-14-15(8-12)24-11-23-14/h1,3-4,8-10H,5-7,11H2,(H2,19,20,22). The van der Waals surface area contributed by atoms with Crippen molar-refractivity contribution >= 4 is 11.7 Å². The van der Waals surface area contributed by atoms with Gasteiger partial charge in [0.2, 0.25) is 6.79 Å². The van der Waals surface area contributed by atoms with E-state index >= 15 is 0 Å². The molecule has 2 aliphatic rings. The average molecular weight is 324 g/mol. The Hall–Kier alpha value is -3.14. The molecule has 1 saturated carbocycles. The Balaban J connectivity index is 1.44. The van der Waals surface area contributed by atoms with E-state index in [-0.39, 0.29) is 18.4 Å². The predicted octanol–water partition coefficient (Wildman–Crippen LogP) is 2.06. The van der Waals surface area contributed by atoms with Crippen LogP contribution in [0.1, 0.15) is 18.4 Å². The minimum atomic E-state index is -0.347. The number of nitrogens with zero attached hydrogens (tertiary/aromatic N) is 2. The van der Waals surface area contributed by atoms with Crippen LogP contribution in [0.25, 0.3) is 0 Å². The Morgan fingerprint density at radius 3 is 3.00 bits per heavy atom. The summed E-state index contributed by atoms with van der Waals surface area (Å²) in [5, 5.41) is 9.89. The Bertz CT molecular complexity index is 833. The second-order valence-electron chi connectivity index (χ2n) is 5.86. The number of rotatable bonds is 4. The van der Waals surface area contributed by atoms with E-state index in [0.29, 0.717) is 12.2 Å². The molecule has 2 N–H and O–H groups in total. The van der Waals surface area contributed by atoms with Crippen molar-refractivity contribution in [3.05, 3.63) is 36.2 Å². The van der Waals surface area contributed by atoms with Crippen molar-refractivity contribution in [2.24, 2.45) is 0 Å². The maximum Gasteiger partial charge on any atom is 0.320 e. The highest BCUT2D eigenvalue weighted by Crippen LogP contribution is 2.48. The van der Waals surface area contributed by atoms with Crippen LogP contribution in [0.15, 0.2) is 30.6 Å². The minimum Gasteiger partial charge on any atom is -0.454 e. The van der Waals surface area contributed by atoms with Crippen molar-refractivity contribution in [1.82, 2.24) is 15.1 Å². The summed E-state index contributed by atoms with van der Waals surface area (Å²) in [6, 6.07) is 5.50. The lowest BCUT2D eigenvalue weighted by molar-refractivity contribution is 0.174. The third-order valence-corrected chi connectivity index (χ3v) is 4.17. The molecule has 2 aromatic rings. The number of aromatic nitrogens is 2. The summed E-state index contributed by atoms with van der Waals surface area (Å²) in [7, 11) is 0. The zero-order valence-corrected chi connectivity index (χ0v) is 12.9. The molecule has 7 heteroatoms. The SMILES string of the molecule is C#CCn1cc(NC(=O)NC2(c3ccc4c(c3)OCO4)CC2)cn1. The van der Waals surface area contributed by atoms with Crippen LogP contribution in [0.3, 0.4) is 0 Å². The van der Waals surface area contributed by atoms with Crippen LogP contribution in [-0.4, -0.2) is 22.6 Å². The number of terminal acetylenes is 1. The second kappa shape index (κ2) is 5.49. The number of amides is 2. The lowest BCUT2D eigenvalue weighted by Crippen LogP contribution is -2.37. The molecule has 0 bridgehead atoms. The number of carbonyl (C=O) groups excluding carboxylic acids is 1. The van der Waals surface area contributed by atoms with E-state index in [4.69, 9.17) is 15.9 Å². The zero-order valence-electron chi connectivity index (χ0n) is 12.9. The van der Waals surface area contributed by atoms with Gasteiger partial charge in [0.25, 0.3) is 0 Å². The van der Waals surface area contributed by atoms with Crippen molar-refractivity contribution in [3.63, 3.8) is 0 Å². The first-order valence-electron chi connectivity index (χ1n) is 7.64. The molecule has 1 aromatic carbocycles. The van der Waals surface area contributed by atoms with E-state index in [1.807, 2.05) is 18.2 Å². The average Bonchev–Trinajstić information content (AvgIpc) is 2.99. The van der Waals surface area contributed by atoms with E-state index < -0.39 is 0 Å². The number of ether oxygens (including phenoxy) is 2. The van der Waals surface area contributed by atoms with Gasteiger partial charge in [0, 0.05) is 6.20 Å². The molecular formula is C17H16N4O3. The topological polar surface area (TPSA) is 77.4 Å². The van der Waals surface area contributed by atoms with Crippen LogP contribution >= 0.6 is 0 Å². The lowest BCUT2D eigenvalue weighted by Gasteiger charge is -2.18. The number of anilines is 1. The quantitative estimate of drug-likeness (QED) is 0.844. The fourth-order valence-corrected chi connectivity index (χ4v) is 2.79. The first-order chi connectivity index (χ1) is 11.7. The summed E-state index contributed by atoms with van der Waals surface area (Å²) >= 11 is 0. The number of nitrogens with one attached hydrogen (secondary N) is 2.